The number of rotatable bonds is 4. The van der Waals surface area contributed by atoms with Gasteiger partial charge in [0.15, 0.2) is 0 Å². The molecule has 0 N–H and O–H groups in total. The normalized spacial score (nSPS) is 12.8. The Morgan fingerprint density at radius 1 is 0.500 bits per heavy atom. The van der Waals surface area contributed by atoms with Gasteiger partial charge >= 0.3 is 0 Å². The molecule has 3 aromatic rings. The summed E-state index contributed by atoms with van der Waals surface area (Å²) in [7, 11) is -3.81. The average Bonchev–Trinajstić information content (AvgIpc) is 2.53. The van der Waals surface area contributed by atoms with Crippen molar-refractivity contribution in [3.05, 3.63) is 65.2 Å². The van der Waals surface area contributed by atoms with Crippen molar-refractivity contribution in [3.63, 3.8) is 0 Å². The van der Waals surface area contributed by atoms with E-state index in [1.165, 1.54) is 0 Å². The third kappa shape index (κ3) is 2.64. The molecule has 6 heteroatoms. The van der Waals surface area contributed by atoms with E-state index in [-0.39, 0.29) is 10.9 Å². The predicted octanol–water partition coefficient (Wildman–Crippen LogP) is 1.30. The van der Waals surface area contributed by atoms with E-state index in [0.29, 0.717) is 32.6 Å². The Hall–Kier alpha value is -2.19. The lowest BCUT2D eigenvalue weighted by Gasteiger charge is -2.23. The first-order chi connectivity index (χ1) is 11.9. The minimum Gasteiger partial charge on any atom is -0.286 e. The minimum absolute atomic E-state index is 0.355. The zero-order chi connectivity index (χ0) is 19.6. The van der Waals surface area contributed by atoms with Crippen LogP contribution in [0.1, 0.15) is 0 Å². The summed E-state index contributed by atoms with van der Waals surface area (Å²) in [6.07, 6.45) is 0. The first-order valence-electron chi connectivity index (χ1n) is 8.64. The number of hydrogen-bond donors (Lipinski definition) is 0. The molecule has 0 aliphatic carbocycles. The summed E-state index contributed by atoms with van der Waals surface area (Å²) >= 11 is 0. The van der Waals surface area contributed by atoms with E-state index in [1.807, 2.05) is 39.3 Å². The lowest BCUT2D eigenvalue weighted by molar-refractivity contribution is 1.42. The second-order valence-electron chi connectivity index (χ2n) is 8.89. The Morgan fingerprint density at radius 2 is 0.769 bits per heavy atom. The molecule has 0 aliphatic heterocycles. The molecule has 0 heterocycles. The first-order valence-corrected chi connectivity index (χ1v) is 15.6. The maximum Gasteiger partial charge on any atom is 0.233 e. The van der Waals surface area contributed by atoms with Crippen molar-refractivity contribution >= 4 is 26.5 Å². The van der Waals surface area contributed by atoms with E-state index in [0.717, 1.165) is 0 Å². The van der Waals surface area contributed by atoms with Gasteiger partial charge in [-0.3, -0.25) is 19.2 Å². The van der Waals surface area contributed by atoms with Gasteiger partial charge in [0.2, 0.25) is 21.7 Å². The van der Waals surface area contributed by atoms with Crippen molar-refractivity contribution in [1.29, 1.82) is 0 Å². The number of hydrogen-bond acceptors (Lipinski definition) is 4. The summed E-state index contributed by atoms with van der Waals surface area (Å²) in [5.74, 6) is 0. The lowest BCUT2D eigenvalue weighted by Crippen LogP contribution is -2.61. The fourth-order valence-corrected chi connectivity index (χ4v) is 7.17. The van der Waals surface area contributed by atoms with Crippen LogP contribution in [0.25, 0.3) is 22.3 Å². The highest BCUT2D eigenvalue weighted by atomic mass is 28.3. The molecule has 0 bridgehead atoms. The molecule has 0 aliphatic rings. The molecule has 0 fully saturated rings. The summed E-state index contributed by atoms with van der Waals surface area (Å²) in [5.41, 5.74) is 0.915. The van der Waals surface area contributed by atoms with Crippen LogP contribution in [0.3, 0.4) is 0 Å². The summed E-state index contributed by atoms with van der Waals surface area (Å²) < 4.78 is 0. The monoisotopic (exact) mass is 382 g/mol. The van der Waals surface area contributed by atoms with Crippen LogP contribution in [0.5, 0.6) is 0 Å². The van der Waals surface area contributed by atoms with Gasteiger partial charge in [0.25, 0.3) is 0 Å². The highest BCUT2D eigenvalue weighted by molar-refractivity contribution is 6.90. The van der Waals surface area contributed by atoms with E-state index < -0.39 is 27.0 Å². The largest absolute Gasteiger partial charge is 0.286 e. The summed E-state index contributed by atoms with van der Waals surface area (Å²) in [4.78, 5) is 48.2. The molecule has 3 rings (SSSR count). The van der Waals surface area contributed by atoms with Gasteiger partial charge < -0.3 is 0 Å². The van der Waals surface area contributed by atoms with Crippen LogP contribution < -0.4 is 32.1 Å². The molecular formula is C20H22O4Si2. The molecule has 0 unspecified atom stereocenters. The molecule has 0 amide bonds. The first kappa shape index (κ1) is 18.6. The Kier molecular flexibility index (Phi) is 4.05. The standard InChI is InChI=1S/C20H22O4Si2/c1-25(2,3)19-13(15(21)17(19)23)11-7-9-12(10-8-11)14-16(22)18(24)20(14)26(4,5)6/h7-10H,1-6H3. The van der Waals surface area contributed by atoms with Crippen molar-refractivity contribution in [3.8, 4) is 22.3 Å². The lowest BCUT2D eigenvalue weighted by atomic mass is 9.96. The molecule has 3 aromatic carbocycles. The molecule has 134 valence electrons. The van der Waals surface area contributed by atoms with Gasteiger partial charge in [-0.1, -0.05) is 63.5 Å². The Labute approximate surface area is 153 Å². The van der Waals surface area contributed by atoms with Crippen LogP contribution in [-0.4, -0.2) is 16.1 Å². The van der Waals surface area contributed by atoms with Gasteiger partial charge in [-0.05, 0) is 11.1 Å². The van der Waals surface area contributed by atoms with Gasteiger partial charge in [0.1, 0.15) is 0 Å². The van der Waals surface area contributed by atoms with Crippen LogP contribution in [-0.2, 0) is 0 Å². The second kappa shape index (κ2) is 5.66. The third-order valence-electron chi connectivity index (χ3n) is 4.78. The van der Waals surface area contributed by atoms with E-state index in [9.17, 15) is 19.2 Å². The van der Waals surface area contributed by atoms with Crippen LogP contribution in [0.15, 0.2) is 43.4 Å². The zero-order valence-electron chi connectivity index (χ0n) is 15.9. The fourth-order valence-electron chi connectivity index (χ4n) is 3.57. The summed E-state index contributed by atoms with van der Waals surface area (Å²) in [5, 5.41) is 1.37. The van der Waals surface area contributed by atoms with Gasteiger partial charge in [-0.2, -0.15) is 0 Å². The Bertz CT molecular complexity index is 1060. The van der Waals surface area contributed by atoms with Crippen molar-refractivity contribution in [2.75, 3.05) is 0 Å². The molecule has 0 atom stereocenters. The molecular weight excluding hydrogens is 360 g/mol. The summed E-state index contributed by atoms with van der Waals surface area (Å²) in [6.45, 7) is 12.3. The second-order valence-corrected chi connectivity index (χ2v) is 18.9. The molecule has 4 nitrogen and oxygen atoms in total. The molecule has 0 aromatic heterocycles. The van der Waals surface area contributed by atoms with E-state index in [2.05, 4.69) is 0 Å². The zero-order valence-corrected chi connectivity index (χ0v) is 17.9. The van der Waals surface area contributed by atoms with Gasteiger partial charge in [-0.15, -0.1) is 0 Å². The van der Waals surface area contributed by atoms with Crippen LogP contribution in [0, 0.1) is 0 Å². The minimum atomic E-state index is -1.90. The van der Waals surface area contributed by atoms with Crippen molar-refractivity contribution in [2.45, 2.75) is 39.3 Å². The maximum absolute atomic E-state index is 12.1. The smallest absolute Gasteiger partial charge is 0.233 e. The third-order valence-corrected chi connectivity index (χ3v) is 8.74. The van der Waals surface area contributed by atoms with Crippen LogP contribution in [0.4, 0.5) is 0 Å². The van der Waals surface area contributed by atoms with E-state index >= 15 is 0 Å². The SMILES string of the molecule is C[Si](C)(C)c1c(-c2ccc(-c3c([Si](C)(C)C)c(=O)c3=O)cc2)c(=O)c1=O. The maximum atomic E-state index is 12.1. The molecule has 26 heavy (non-hydrogen) atoms. The van der Waals surface area contributed by atoms with E-state index in [4.69, 9.17) is 0 Å². The van der Waals surface area contributed by atoms with Gasteiger partial charge in [0.05, 0.1) is 16.1 Å². The summed E-state index contributed by atoms with van der Waals surface area (Å²) in [6, 6.07) is 7.11. The Morgan fingerprint density at radius 3 is 1.00 bits per heavy atom. The Balaban J connectivity index is 2.09. The molecule has 0 saturated carbocycles. The molecule has 0 spiro atoms. The average molecular weight is 383 g/mol. The number of benzene rings is 1. The quantitative estimate of drug-likeness (QED) is 0.504. The van der Waals surface area contributed by atoms with Crippen molar-refractivity contribution in [2.24, 2.45) is 0 Å². The van der Waals surface area contributed by atoms with Crippen molar-refractivity contribution in [1.82, 2.24) is 0 Å². The molecule has 0 saturated heterocycles. The topological polar surface area (TPSA) is 68.3 Å². The predicted molar refractivity (Wildman–Crippen MR) is 113 cm³/mol. The van der Waals surface area contributed by atoms with Crippen molar-refractivity contribution < 1.29 is 0 Å². The van der Waals surface area contributed by atoms with Gasteiger partial charge in [0, 0.05) is 21.5 Å². The molecule has 0 radical (unpaired) electrons. The van der Waals surface area contributed by atoms with E-state index in [1.54, 1.807) is 24.3 Å². The van der Waals surface area contributed by atoms with Crippen LogP contribution in [0.2, 0.25) is 39.3 Å². The highest BCUT2D eigenvalue weighted by Gasteiger charge is 2.33. The van der Waals surface area contributed by atoms with Gasteiger partial charge in [-0.25, -0.2) is 0 Å². The fraction of sp³-hybridized carbons (Fsp3) is 0.300. The highest BCUT2D eigenvalue weighted by Crippen LogP contribution is 2.22. The van der Waals surface area contributed by atoms with Crippen LogP contribution >= 0.6 is 0 Å².